The fraction of sp³-hybridized carbons (Fsp3) is 0.167. The molecule has 1 nitrogen and oxygen atoms in total. The average molecular weight is 222 g/mol. The van der Waals surface area contributed by atoms with Gasteiger partial charge >= 0.3 is 0 Å². The Morgan fingerprint density at radius 1 is 1.27 bits per heavy atom. The van der Waals surface area contributed by atoms with Crippen LogP contribution in [0.2, 0.25) is 0 Å². The van der Waals surface area contributed by atoms with Gasteiger partial charge < -0.3 is 5.11 Å². The molecular weight excluding hydrogens is 211 g/mol. The highest BCUT2D eigenvalue weighted by Gasteiger charge is 2.17. The van der Waals surface area contributed by atoms with Crippen LogP contribution in [0.1, 0.15) is 22.1 Å². The number of thiophene rings is 1. The smallest absolute Gasteiger partial charge is 0.140 e. The number of aliphatic hydroxyl groups excluding tert-OH is 1. The first kappa shape index (κ1) is 10.3. The normalized spacial score (nSPS) is 12.7. The number of benzene rings is 1. The molecule has 1 N–H and O–H groups in total. The molecule has 2 aromatic rings. The predicted octanol–water partition coefficient (Wildman–Crippen LogP) is 3.28. The monoisotopic (exact) mass is 222 g/mol. The zero-order valence-electron chi connectivity index (χ0n) is 8.27. The van der Waals surface area contributed by atoms with E-state index in [0.29, 0.717) is 4.88 Å². The molecular formula is C12H11FOS. The lowest BCUT2D eigenvalue weighted by molar-refractivity contribution is 0.218. The van der Waals surface area contributed by atoms with Crippen LogP contribution in [0, 0.1) is 12.7 Å². The van der Waals surface area contributed by atoms with Gasteiger partial charge in [0.25, 0.3) is 0 Å². The Labute approximate surface area is 91.8 Å². The standard InChI is InChI=1S/C12H11FOS/c1-8-4-2-3-5-9(8)11(14)12-10(13)6-7-15-12/h2-7,11,14H,1H3. The molecule has 0 aliphatic carbocycles. The molecule has 0 aliphatic heterocycles. The predicted molar refractivity (Wildman–Crippen MR) is 59.5 cm³/mol. The van der Waals surface area contributed by atoms with Crippen LogP contribution in [0.3, 0.4) is 0 Å². The van der Waals surface area contributed by atoms with Crippen LogP contribution >= 0.6 is 11.3 Å². The van der Waals surface area contributed by atoms with Gasteiger partial charge in [0.1, 0.15) is 11.9 Å². The highest BCUT2D eigenvalue weighted by molar-refractivity contribution is 7.10. The van der Waals surface area contributed by atoms with Gasteiger partial charge in [0.2, 0.25) is 0 Å². The molecule has 1 unspecified atom stereocenters. The van der Waals surface area contributed by atoms with Gasteiger partial charge in [0.05, 0.1) is 4.88 Å². The molecule has 78 valence electrons. The Morgan fingerprint density at radius 3 is 2.60 bits per heavy atom. The largest absolute Gasteiger partial charge is 0.383 e. The molecule has 0 saturated heterocycles. The van der Waals surface area contributed by atoms with E-state index in [2.05, 4.69) is 0 Å². The SMILES string of the molecule is Cc1ccccc1C(O)c1sccc1F. The van der Waals surface area contributed by atoms with Crippen molar-refractivity contribution in [2.75, 3.05) is 0 Å². The maximum Gasteiger partial charge on any atom is 0.140 e. The van der Waals surface area contributed by atoms with Crippen LogP contribution in [0.5, 0.6) is 0 Å². The van der Waals surface area contributed by atoms with Crippen molar-refractivity contribution in [2.45, 2.75) is 13.0 Å². The zero-order valence-corrected chi connectivity index (χ0v) is 9.09. The van der Waals surface area contributed by atoms with E-state index in [0.717, 1.165) is 11.1 Å². The van der Waals surface area contributed by atoms with Gasteiger partial charge in [-0.2, -0.15) is 0 Å². The second kappa shape index (κ2) is 4.13. The molecule has 1 aromatic carbocycles. The average Bonchev–Trinajstić information content (AvgIpc) is 2.64. The molecule has 0 aliphatic rings. The topological polar surface area (TPSA) is 20.2 Å². The van der Waals surface area contributed by atoms with Crippen LogP contribution in [-0.2, 0) is 0 Å². The van der Waals surface area contributed by atoms with E-state index in [-0.39, 0.29) is 5.82 Å². The summed E-state index contributed by atoms with van der Waals surface area (Å²) in [6.45, 7) is 1.91. The fourth-order valence-electron chi connectivity index (χ4n) is 1.54. The van der Waals surface area contributed by atoms with Crippen molar-refractivity contribution in [1.82, 2.24) is 0 Å². The van der Waals surface area contributed by atoms with Gasteiger partial charge in [0, 0.05) is 0 Å². The summed E-state index contributed by atoms with van der Waals surface area (Å²) < 4.78 is 13.3. The Kier molecular flexibility index (Phi) is 2.84. The maximum atomic E-state index is 13.3. The summed E-state index contributed by atoms with van der Waals surface area (Å²) in [4.78, 5) is 0.379. The summed E-state index contributed by atoms with van der Waals surface area (Å²) in [5, 5.41) is 11.7. The Hall–Kier alpha value is -1.19. The van der Waals surface area contributed by atoms with Crippen molar-refractivity contribution in [2.24, 2.45) is 0 Å². The van der Waals surface area contributed by atoms with Gasteiger partial charge in [-0.15, -0.1) is 11.3 Å². The van der Waals surface area contributed by atoms with Crippen LogP contribution in [0.15, 0.2) is 35.7 Å². The van der Waals surface area contributed by atoms with Crippen molar-refractivity contribution in [3.05, 3.63) is 57.5 Å². The molecule has 1 heterocycles. The van der Waals surface area contributed by atoms with Gasteiger partial charge in [-0.3, -0.25) is 0 Å². The van der Waals surface area contributed by atoms with E-state index in [1.807, 2.05) is 31.2 Å². The zero-order chi connectivity index (χ0) is 10.8. The molecule has 0 amide bonds. The molecule has 0 bridgehead atoms. The van der Waals surface area contributed by atoms with Crippen molar-refractivity contribution in [3.8, 4) is 0 Å². The lowest BCUT2D eigenvalue weighted by Crippen LogP contribution is -2.01. The quantitative estimate of drug-likeness (QED) is 0.826. The third kappa shape index (κ3) is 1.94. The van der Waals surface area contributed by atoms with E-state index in [1.165, 1.54) is 17.4 Å². The van der Waals surface area contributed by atoms with E-state index >= 15 is 0 Å². The lowest BCUT2D eigenvalue weighted by Gasteiger charge is -2.11. The first-order chi connectivity index (χ1) is 7.20. The summed E-state index contributed by atoms with van der Waals surface area (Å²) >= 11 is 1.24. The first-order valence-electron chi connectivity index (χ1n) is 4.66. The maximum absolute atomic E-state index is 13.3. The summed E-state index contributed by atoms with van der Waals surface area (Å²) in [5.74, 6) is -0.337. The molecule has 1 aromatic heterocycles. The third-order valence-electron chi connectivity index (χ3n) is 2.38. The number of aliphatic hydroxyl groups is 1. The minimum Gasteiger partial charge on any atom is -0.383 e. The highest BCUT2D eigenvalue weighted by atomic mass is 32.1. The lowest BCUT2D eigenvalue weighted by atomic mass is 10.0. The van der Waals surface area contributed by atoms with Crippen molar-refractivity contribution < 1.29 is 9.50 Å². The first-order valence-corrected chi connectivity index (χ1v) is 5.54. The number of hydrogen-bond acceptors (Lipinski definition) is 2. The molecule has 3 heteroatoms. The summed E-state index contributed by atoms with van der Waals surface area (Å²) in [5.41, 5.74) is 1.73. The van der Waals surface area contributed by atoms with Crippen molar-refractivity contribution in [1.29, 1.82) is 0 Å². The summed E-state index contributed by atoms with van der Waals surface area (Å²) in [6, 6.07) is 8.85. The van der Waals surface area contributed by atoms with Gasteiger partial charge in [-0.25, -0.2) is 4.39 Å². The van der Waals surface area contributed by atoms with Gasteiger partial charge in [0.15, 0.2) is 0 Å². The molecule has 1 atom stereocenters. The van der Waals surface area contributed by atoms with Crippen LogP contribution < -0.4 is 0 Å². The molecule has 0 spiro atoms. The Morgan fingerprint density at radius 2 is 2.00 bits per heavy atom. The van der Waals surface area contributed by atoms with E-state index in [4.69, 9.17) is 0 Å². The second-order valence-electron chi connectivity index (χ2n) is 3.39. The number of halogens is 1. The van der Waals surface area contributed by atoms with E-state index in [1.54, 1.807) is 5.38 Å². The van der Waals surface area contributed by atoms with Crippen molar-refractivity contribution in [3.63, 3.8) is 0 Å². The number of hydrogen-bond donors (Lipinski definition) is 1. The fourth-order valence-corrected chi connectivity index (χ4v) is 2.31. The minimum absolute atomic E-state index is 0.337. The molecule has 15 heavy (non-hydrogen) atoms. The molecule has 2 rings (SSSR count). The van der Waals surface area contributed by atoms with Gasteiger partial charge in [-0.05, 0) is 29.5 Å². The molecule has 0 fully saturated rings. The highest BCUT2D eigenvalue weighted by Crippen LogP contribution is 2.30. The number of rotatable bonds is 2. The second-order valence-corrected chi connectivity index (χ2v) is 4.34. The van der Waals surface area contributed by atoms with E-state index < -0.39 is 6.10 Å². The Balaban J connectivity index is 2.41. The van der Waals surface area contributed by atoms with Crippen LogP contribution in [-0.4, -0.2) is 5.11 Å². The van der Waals surface area contributed by atoms with Crippen molar-refractivity contribution >= 4 is 11.3 Å². The third-order valence-corrected chi connectivity index (χ3v) is 3.32. The Bertz CT molecular complexity index is 464. The van der Waals surface area contributed by atoms with E-state index in [9.17, 15) is 9.50 Å². The van der Waals surface area contributed by atoms with Gasteiger partial charge in [-0.1, -0.05) is 24.3 Å². The molecule has 0 saturated carbocycles. The summed E-state index contributed by atoms with van der Waals surface area (Å²) in [6.07, 6.45) is -0.855. The van der Waals surface area contributed by atoms with Crippen LogP contribution in [0.25, 0.3) is 0 Å². The van der Waals surface area contributed by atoms with Crippen LogP contribution in [0.4, 0.5) is 4.39 Å². The number of aryl methyl sites for hydroxylation is 1. The summed E-state index contributed by atoms with van der Waals surface area (Å²) in [7, 11) is 0. The minimum atomic E-state index is -0.855. The molecule has 0 radical (unpaired) electrons.